The Morgan fingerprint density at radius 1 is 1.43 bits per heavy atom. The van der Waals surface area contributed by atoms with Crippen LogP contribution in [0.25, 0.3) is 0 Å². The number of thiazole rings is 1. The summed E-state index contributed by atoms with van der Waals surface area (Å²) in [4.78, 5) is 19.6. The first kappa shape index (κ1) is 16.0. The number of nitrogens with one attached hydrogen (secondary N) is 1. The number of amides is 2. The van der Waals surface area contributed by atoms with E-state index in [4.69, 9.17) is 4.74 Å². The summed E-state index contributed by atoms with van der Waals surface area (Å²) in [6, 6.07) is 10.2. The topological polar surface area (TPSA) is 54.5 Å². The van der Waals surface area contributed by atoms with Gasteiger partial charge in [-0.2, -0.15) is 0 Å². The molecule has 1 aliphatic heterocycles. The van der Waals surface area contributed by atoms with Gasteiger partial charge in [-0.3, -0.25) is 5.32 Å². The Balaban J connectivity index is 1.59. The lowest BCUT2D eigenvalue weighted by Crippen LogP contribution is -2.38. The number of ether oxygens (including phenoxy) is 1. The first-order valence-electron chi connectivity index (χ1n) is 7.87. The number of carbonyl (C=O) groups excluding carboxylic acids is 1. The van der Waals surface area contributed by atoms with Gasteiger partial charge in [-0.15, -0.1) is 11.3 Å². The average molecular weight is 331 g/mol. The highest BCUT2D eigenvalue weighted by atomic mass is 32.1. The van der Waals surface area contributed by atoms with Crippen LogP contribution >= 0.6 is 11.3 Å². The maximum Gasteiger partial charge on any atom is 0.323 e. The molecule has 1 saturated heterocycles. The highest BCUT2D eigenvalue weighted by Gasteiger charge is 2.20. The molecule has 1 aromatic heterocycles. The average Bonchev–Trinajstić information content (AvgIpc) is 2.85. The summed E-state index contributed by atoms with van der Waals surface area (Å²) in [5.41, 5.74) is 1.24. The van der Waals surface area contributed by atoms with E-state index in [-0.39, 0.29) is 12.1 Å². The van der Waals surface area contributed by atoms with Gasteiger partial charge in [0.15, 0.2) is 5.13 Å². The Morgan fingerprint density at radius 3 is 3.09 bits per heavy atom. The van der Waals surface area contributed by atoms with Crippen molar-refractivity contribution in [1.29, 1.82) is 0 Å². The number of anilines is 1. The van der Waals surface area contributed by atoms with Gasteiger partial charge in [-0.1, -0.05) is 30.3 Å². The van der Waals surface area contributed by atoms with Crippen molar-refractivity contribution in [2.75, 3.05) is 25.0 Å². The number of urea groups is 1. The second-order valence-corrected chi connectivity index (χ2v) is 6.82. The van der Waals surface area contributed by atoms with Crippen LogP contribution in [0.2, 0.25) is 0 Å². The Morgan fingerprint density at radius 2 is 2.26 bits per heavy atom. The fourth-order valence-electron chi connectivity index (χ4n) is 2.59. The number of rotatable bonds is 3. The molecule has 3 rings (SSSR count). The molecule has 2 amide bonds. The minimum Gasteiger partial charge on any atom is -0.377 e. The van der Waals surface area contributed by atoms with Crippen LogP contribution in [0.4, 0.5) is 9.93 Å². The molecule has 2 heterocycles. The predicted octanol–water partition coefficient (Wildman–Crippen LogP) is 3.38. The van der Waals surface area contributed by atoms with E-state index in [0.29, 0.717) is 18.3 Å². The predicted molar refractivity (Wildman–Crippen MR) is 92.0 cm³/mol. The SMILES string of the molecule is CC1CN(C(=O)Nc2ncc(Cc3ccccc3)s2)CCCO1. The molecule has 0 radical (unpaired) electrons. The Hall–Kier alpha value is -1.92. The summed E-state index contributed by atoms with van der Waals surface area (Å²) < 4.78 is 5.57. The fraction of sp³-hybridized carbons (Fsp3) is 0.412. The summed E-state index contributed by atoms with van der Waals surface area (Å²) in [6.45, 7) is 4.04. The van der Waals surface area contributed by atoms with Gasteiger partial charge < -0.3 is 9.64 Å². The van der Waals surface area contributed by atoms with Crippen molar-refractivity contribution in [2.45, 2.75) is 25.9 Å². The molecule has 0 spiro atoms. The monoisotopic (exact) mass is 331 g/mol. The molecule has 1 aromatic carbocycles. The number of benzene rings is 1. The van der Waals surface area contributed by atoms with Crippen LogP contribution in [0.3, 0.4) is 0 Å². The van der Waals surface area contributed by atoms with Crippen molar-refractivity contribution in [3.63, 3.8) is 0 Å². The Bertz CT molecular complexity index is 644. The van der Waals surface area contributed by atoms with Crippen molar-refractivity contribution in [3.05, 3.63) is 47.0 Å². The summed E-state index contributed by atoms with van der Waals surface area (Å²) in [7, 11) is 0. The zero-order valence-corrected chi connectivity index (χ0v) is 14.0. The van der Waals surface area contributed by atoms with Gasteiger partial charge in [0, 0.05) is 37.2 Å². The van der Waals surface area contributed by atoms with Crippen molar-refractivity contribution in [1.82, 2.24) is 9.88 Å². The van der Waals surface area contributed by atoms with Crippen LogP contribution in [0.5, 0.6) is 0 Å². The zero-order valence-electron chi connectivity index (χ0n) is 13.2. The fourth-order valence-corrected chi connectivity index (χ4v) is 3.43. The molecule has 0 bridgehead atoms. The summed E-state index contributed by atoms with van der Waals surface area (Å²) in [5, 5.41) is 3.56. The van der Waals surface area contributed by atoms with Crippen molar-refractivity contribution in [2.24, 2.45) is 0 Å². The van der Waals surface area contributed by atoms with Crippen LogP contribution in [0.1, 0.15) is 23.8 Å². The van der Waals surface area contributed by atoms with Crippen molar-refractivity contribution >= 4 is 22.5 Å². The van der Waals surface area contributed by atoms with Crippen LogP contribution < -0.4 is 5.32 Å². The molecule has 6 heteroatoms. The van der Waals surface area contributed by atoms with E-state index < -0.39 is 0 Å². The maximum absolute atomic E-state index is 12.4. The van der Waals surface area contributed by atoms with Gasteiger partial charge in [0.1, 0.15) is 0 Å². The molecular weight excluding hydrogens is 310 g/mol. The van der Waals surface area contributed by atoms with Gasteiger partial charge in [0.25, 0.3) is 0 Å². The standard InChI is InChI=1S/C17H21N3O2S/c1-13-12-20(8-5-9-22-13)17(21)19-16-18-11-15(23-16)10-14-6-3-2-4-7-14/h2-4,6-7,11,13H,5,8-10,12H2,1H3,(H,18,19,21). The minimum atomic E-state index is -0.0945. The third kappa shape index (κ3) is 4.53. The second kappa shape index (κ2) is 7.57. The second-order valence-electron chi connectivity index (χ2n) is 5.71. The molecular formula is C17H21N3O2S. The lowest BCUT2D eigenvalue weighted by Gasteiger charge is -2.21. The molecule has 1 unspecified atom stereocenters. The first-order valence-corrected chi connectivity index (χ1v) is 8.68. The molecule has 122 valence electrons. The number of carbonyl (C=O) groups is 1. The van der Waals surface area contributed by atoms with E-state index >= 15 is 0 Å². The van der Waals surface area contributed by atoms with Gasteiger partial charge in [-0.25, -0.2) is 9.78 Å². The smallest absolute Gasteiger partial charge is 0.323 e. The normalized spacial score (nSPS) is 18.5. The zero-order chi connectivity index (χ0) is 16.1. The maximum atomic E-state index is 12.4. The lowest BCUT2D eigenvalue weighted by atomic mass is 10.1. The number of aromatic nitrogens is 1. The highest BCUT2D eigenvalue weighted by molar-refractivity contribution is 7.15. The first-order chi connectivity index (χ1) is 11.2. The molecule has 0 aliphatic carbocycles. The number of nitrogens with zero attached hydrogens (tertiary/aromatic N) is 2. The third-order valence-electron chi connectivity index (χ3n) is 3.73. The Labute approximate surface area is 140 Å². The molecule has 1 N–H and O–H groups in total. The Kier molecular flexibility index (Phi) is 5.25. The van der Waals surface area contributed by atoms with Crippen LogP contribution in [0.15, 0.2) is 36.5 Å². The van der Waals surface area contributed by atoms with Gasteiger partial charge in [-0.05, 0) is 18.9 Å². The van der Waals surface area contributed by atoms with Crippen molar-refractivity contribution in [3.8, 4) is 0 Å². The van der Waals surface area contributed by atoms with E-state index in [1.54, 1.807) is 4.90 Å². The molecule has 1 aliphatic rings. The number of hydrogen-bond acceptors (Lipinski definition) is 4. The van der Waals surface area contributed by atoms with E-state index in [2.05, 4.69) is 22.4 Å². The van der Waals surface area contributed by atoms with E-state index in [9.17, 15) is 4.79 Å². The van der Waals surface area contributed by atoms with E-state index in [0.717, 1.165) is 24.3 Å². The summed E-state index contributed by atoms with van der Waals surface area (Å²) >= 11 is 1.53. The number of hydrogen-bond donors (Lipinski definition) is 1. The highest BCUT2D eigenvalue weighted by Crippen LogP contribution is 2.21. The molecule has 0 saturated carbocycles. The minimum absolute atomic E-state index is 0.0770. The molecule has 23 heavy (non-hydrogen) atoms. The van der Waals surface area contributed by atoms with E-state index in [1.165, 1.54) is 16.9 Å². The third-order valence-corrected chi connectivity index (χ3v) is 4.64. The van der Waals surface area contributed by atoms with Crippen LogP contribution in [-0.2, 0) is 11.2 Å². The molecule has 1 fully saturated rings. The largest absolute Gasteiger partial charge is 0.377 e. The van der Waals surface area contributed by atoms with Crippen molar-refractivity contribution < 1.29 is 9.53 Å². The van der Waals surface area contributed by atoms with Crippen LogP contribution in [0, 0.1) is 0 Å². The van der Waals surface area contributed by atoms with Crippen LogP contribution in [-0.4, -0.2) is 41.7 Å². The lowest BCUT2D eigenvalue weighted by molar-refractivity contribution is 0.0718. The van der Waals surface area contributed by atoms with Gasteiger partial charge in [0.2, 0.25) is 0 Å². The summed E-state index contributed by atoms with van der Waals surface area (Å²) in [5.74, 6) is 0. The molecule has 1 atom stereocenters. The molecule has 5 nitrogen and oxygen atoms in total. The van der Waals surface area contributed by atoms with E-state index in [1.807, 2.05) is 31.3 Å². The summed E-state index contributed by atoms with van der Waals surface area (Å²) in [6.07, 6.45) is 3.62. The quantitative estimate of drug-likeness (QED) is 0.938. The van der Waals surface area contributed by atoms with Gasteiger partial charge >= 0.3 is 6.03 Å². The van der Waals surface area contributed by atoms with Gasteiger partial charge in [0.05, 0.1) is 6.10 Å². The molecule has 2 aromatic rings.